The maximum Gasteiger partial charge on any atom is 0.253 e. The molecule has 0 aliphatic carbocycles. The Bertz CT molecular complexity index is 1110. The number of rotatable bonds is 7. The van der Waals surface area contributed by atoms with Gasteiger partial charge in [0.1, 0.15) is 0 Å². The van der Waals surface area contributed by atoms with Crippen LogP contribution in [0, 0.1) is 0 Å². The highest BCUT2D eigenvalue weighted by molar-refractivity contribution is 7.89. The molecule has 0 unspecified atom stereocenters. The SMILES string of the molecule is CCC(=O)N1CCN(C(=O)c2ccc(CNS(=O)(=O)c3ccc(NC(C)=O)cc3)cc2)CC1. The number of benzene rings is 2. The molecule has 1 saturated heterocycles. The number of sulfonamides is 1. The molecule has 3 amide bonds. The van der Waals surface area contributed by atoms with Crippen molar-refractivity contribution in [2.45, 2.75) is 31.7 Å². The Morgan fingerprint density at radius 2 is 1.45 bits per heavy atom. The highest BCUT2D eigenvalue weighted by Crippen LogP contribution is 2.15. The van der Waals surface area contributed by atoms with Crippen LogP contribution in [0.5, 0.6) is 0 Å². The molecule has 0 aromatic heterocycles. The number of nitrogens with zero attached hydrogens (tertiary/aromatic N) is 2. The topological polar surface area (TPSA) is 116 Å². The summed E-state index contributed by atoms with van der Waals surface area (Å²) in [6, 6.07) is 12.7. The van der Waals surface area contributed by atoms with Gasteiger partial charge < -0.3 is 15.1 Å². The fraction of sp³-hybridized carbons (Fsp3) is 0.348. The molecule has 1 fully saturated rings. The minimum atomic E-state index is -3.73. The van der Waals surface area contributed by atoms with Crippen molar-refractivity contribution in [1.82, 2.24) is 14.5 Å². The van der Waals surface area contributed by atoms with E-state index in [-0.39, 0.29) is 29.2 Å². The van der Waals surface area contributed by atoms with E-state index in [9.17, 15) is 22.8 Å². The molecule has 0 radical (unpaired) electrons. The van der Waals surface area contributed by atoms with Gasteiger partial charge in [-0.1, -0.05) is 19.1 Å². The second-order valence-electron chi connectivity index (χ2n) is 7.75. The van der Waals surface area contributed by atoms with Crippen LogP contribution in [0.4, 0.5) is 5.69 Å². The molecule has 2 aromatic rings. The first kappa shape index (κ1) is 24.4. The van der Waals surface area contributed by atoms with Crippen LogP contribution in [0.2, 0.25) is 0 Å². The Morgan fingerprint density at radius 3 is 2.00 bits per heavy atom. The Kier molecular flexibility index (Phi) is 7.83. The standard InChI is InChI=1S/C23H28N4O5S/c1-3-22(29)26-12-14-27(15-13-26)23(30)19-6-4-18(5-7-19)16-24-33(31,32)21-10-8-20(9-11-21)25-17(2)28/h4-11,24H,3,12-16H2,1-2H3,(H,25,28). The van der Waals surface area contributed by atoms with Crippen LogP contribution < -0.4 is 10.0 Å². The summed E-state index contributed by atoms with van der Waals surface area (Å²) in [6.07, 6.45) is 0.460. The summed E-state index contributed by atoms with van der Waals surface area (Å²) in [6.45, 7) is 5.32. The first-order chi connectivity index (χ1) is 15.7. The maximum atomic E-state index is 12.7. The lowest BCUT2D eigenvalue weighted by atomic mass is 10.1. The minimum absolute atomic E-state index is 0.0715. The molecule has 0 spiro atoms. The van der Waals surface area contributed by atoms with E-state index in [4.69, 9.17) is 0 Å². The molecule has 0 bridgehead atoms. The molecule has 0 atom stereocenters. The second-order valence-corrected chi connectivity index (χ2v) is 9.52. The minimum Gasteiger partial charge on any atom is -0.339 e. The van der Waals surface area contributed by atoms with E-state index in [1.165, 1.54) is 31.2 Å². The number of carbonyl (C=O) groups excluding carboxylic acids is 3. The van der Waals surface area contributed by atoms with Gasteiger partial charge in [-0.2, -0.15) is 0 Å². The van der Waals surface area contributed by atoms with Gasteiger partial charge in [-0.15, -0.1) is 0 Å². The summed E-state index contributed by atoms with van der Waals surface area (Å²) in [4.78, 5) is 39.2. The Morgan fingerprint density at radius 1 is 0.879 bits per heavy atom. The molecule has 9 nitrogen and oxygen atoms in total. The lowest BCUT2D eigenvalue weighted by Crippen LogP contribution is -2.50. The quantitative estimate of drug-likeness (QED) is 0.638. The van der Waals surface area contributed by atoms with E-state index in [1.807, 2.05) is 6.92 Å². The fourth-order valence-electron chi connectivity index (χ4n) is 3.51. The van der Waals surface area contributed by atoms with Crippen molar-refractivity contribution >= 4 is 33.4 Å². The molecular formula is C23H28N4O5S. The van der Waals surface area contributed by atoms with Crippen LogP contribution in [-0.2, 0) is 26.2 Å². The number of piperazine rings is 1. The third-order valence-electron chi connectivity index (χ3n) is 5.37. The molecular weight excluding hydrogens is 444 g/mol. The van der Waals surface area contributed by atoms with E-state index in [2.05, 4.69) is 10.0 Å². The molecule has 0 saturated carbocycles. The number of anilines is 1. The van der Waals surface area contributed by atoms with Crippen LogP contribution >= 0.6 is 0 Å². The van der Waals surface area contributed by atoms with Crippen LogP contribution in [0.15, 0.2) is 53.4 Å². The van der Waals surface area contributed by atoms with Crippen molar-refractivity contribution in [2.24, 2.45) is 0 Å². The van der Waals surface area contributed by atoms with E-state index < -0.39 is 10.0 Å². The van der Waals surface area contributed by atoms with E-state index >= 15 is 0 Å². The van der Waals surface area contributed by atoms with Crippen LogP contribution in [-0.4, -0.2) is 62.1 Å². The van der Waals surface area contributed by atoms with E-state index in [1.54, 1.807) is 34.1 Å². The molecule has 176 valence electrons. The molecule has 2 aromatic carbocycles. The van der Waals surface area contributed by atoms with Gasteiger partial charge in [-0.05, 0) is 42.0 Å². The number of hydrogen-bond donors (Lipinski definition) is 2. The zero-order valence-corrected chi connectivity index (χ0v) is 19.5. The first-order valence-corrected chi connectivity index (χ1v) is 12.2. The van der Waals surface area contributed by atoms with Crippen molar-refractivity contribution in [3.63, 3.8) is 0 Å². The number of nitrogens with one attached hydrogen (secondary N) is 2. The lowest BCUT2D eigenvalue weighted by Gasteiger charge is -2.34. The molecule has 2 N–H and O–H groups in total. The summed E-state index contributed by atoms with van der Waals surface area (Å²) in [7, 11) is -3.73. The summed E-state index contributed by atoms with van der Waals surface area (Å²) >= 11 is 0. The van der Waals surface area contributed by atoms with Crippen LogP contribution in [0.3, 0.4) is 0 Å². The molecule has 3 rings (SSSR count). The number of carbonyl (C=O) groups is 3. The average molecular weight is 473 g/mol. The maximum absolute atomic E-state index is 12.7. The highest BCUT2D eigenvalue weighted by atomic mass is 32.2. The predicted octanol–water partition coefficient (Wildman–Crippen LogP) is 1.82. The Balaban J connectivity index is 1.55. The van der Waals surface area contributed by atoms with Crippen molar-refractivity contribution < 1.29 is 22.8 Å². The summed E-state index contributed by atoms with van der Waals surface area (Å²) in [5.74, 6) is -0.248. The summed E-state index contributed by atoms with van der Waals surface area (Å²) in [5.41, 5.74) is 1.74. The normalized spacial score (nSPS) is 14.1. The largest absolute Gasteiger partial charge is 0.339 e. The van der Waals surface area contributed by atoms with Gasteiger partial charge in [0.05, 0.1) is 4.90 Å². The van der Waals surface area contributed by atoms with Crippen molar-refractivity contribution in [3.05, 3.63) is 59.7 Å². The van der Waals surface area contributed by atoms with Gasteiger partial charge in [0.25, 0.3) is 5.91 Å². The van der Waals surface area contributed by atoms with E-state index in [0.29, 0.717) is 49.4 Å². The van der Waals surface area contributed by atoms with Crippen molar-refractivity contribution in [3.8, 4) is 0 Å². The monoisotopic (exact) mass is 472 g/mol. The van der Waals surface area contributed by atoms with Gasteiger partial charge in [0.15, 0.2) is 0 Å². The average Bonchev–Trinajstić information content (AvgIpc) is 2.82. The molecule has 1 aliphatic rings. The number of hydrogen-bond acceptors (Lipinski definition) is 5. The van der Waals surface area contributed by atoms with Crippen molar-refractivity contribution in [2.75, 3.05) is 31.5 Å². The third kappa shape index (κ3) is 6.39. The van der Waals surface area contributed by atoms with Crippen molar-refractivity contribution in [1.29, 1.82) is 0 Å². The number of amides is 3. The molecule has 10 heteroatoms. The van der Waals surface area contributed by atoms with Crippen LogP contribution in [0.25, 0.3) is 0 Å². The van der Waals surface area contributed by atoms with E-state index in [0.717, 1.165) is 0 Å². The zero-order chi connectivity index (χ0) is 24.0. The van der Waals surface area contributed by atoms with Gasteiger partial charge in [-0.25, -0.2) is 13.1 Å². The van der Waals surface area contributed by atoms with Gasteiger partial charge in [0.2, 0.25) is 21.8 Å². The highest BCUT2D eigenvalue weighted by Gasteiger charge is 2.24. The van der Waals surface area contributed by atoms with Gasteiger partial charge in [-0.3, -0.25) is 14.4 Å². The molecule has 1 heterocycles. The smallest absolute Gasteiger partial charge is 0.253 e. The second kappa shape index (κ2) is 10.6. The lowest BCUT2D eigenvalue weighted by molar-refractivity contribution is -0.132. The first-order valence-electron chi connectivity index (χ1n) is 10.7. The Hall–Kier alpha value is -3.24. The molecule has 33 heavy (non-hydrogen) atoms. The fourth-order valence-corrected chi connectivity index (χ4v) is 4.53. The zero-order valence-electron chi connectivity index (χ0n) is 18.7. The van der Waals surface area contributed by atoms with Gasteiger partial charge >= 0.3 is 0 Å². The summed E-state index contributed by atoms with van der Waals surface area (Å²) < 4.78 is 27.6. The molecule has 1 aliphatic heterocycles. The van der Waals surface area contributed by atoms with Crippen LogP contribution in [0.1, 0.15) is 36.2 Å². The predicted molar refractivity (Wildman–Crippen MR) is 124 cm³/mol. The van der Waals surface area contributed by atoms with Gasteiger partial charge in [0, 0.05) is 57.3 Å². The summed E-state index contributed by atoms with van der Waals surface area (Å²) in [5, 5.41) is 2.59. The Labute approximate surface area is 193 Å². The third-order valence-corrected chi connectivity index (χ3v) is 6.79.